The van der Waals surface area contributed by atoms with Crippen LogP contribution in [0.5, 0.6) is 0 Å². The van der Waals surface area contributed by atoms with Crippen molar-refractivity contribution in [3.8, 4) is 0 Å². The van der Waals surface area contributed by atoms with Gasteiger partial charge in [0.25, 0.3) is 0 Å². The Kier molecular flexibility index (Phi) is 6.59. The van der Waals surface area contributed by atoms with E-state index in [0.717, 1.165) is 44.2 Å². The number of unbranched alkanes of at least 4 members (excludes halogenated alkanes) is 1. The molecule has 23 heavy (non-hydrogen) atoms. The Morgan fingerprint density at radius 2 is 2.00 bits per heavy atom. The Labute approximate surface area is 138 Å². The minimum absolute atomic E-state index is 0.0290. The second-order valence-electron chi connectivity index (χ2n) is 6.16. The third-order valence-electron chi connectivity index (χ3n) is 4.38. The van der Waals surface area contributed by atoms with Crippen LogP contribution in [0.4, 0.5) is 0 Å². The van der Waals surface area contributed by atoms with Gasteiger partial charge < -0.3 is 16.0 Å². The molecule has 1 aromatic carbocycles. The van der Waals surface area contributed by atoms with Crippen LogP contribution in [0, 0.1) is 0 Å². The van der Waals surface area contributed by atoms with Crippen LogP contribution >= 0.6 is 0 Å². The van der Waals surface area contributed by atoms with E-state index in [4.69, 9.17) is 0 Å². The molecular weight excluding hydrogens is 290 g/mol. The average molecular weight is 317 g/mol. The van der Waals surface area contributed by atoms with Crippen molar-refractivity contribution in [2.75, 3.05) is 13.1 Å². The molecule has 0 aliphatic carbocycles. The molecule has 0 bridgehead atoms. The lowest BCUT2D eigenvalue weighted by molar-refractivity contribution is -0.130. The molecular formula is C18H27N3O2. The molecule has 1 aliphatic rings. The van der Waals surface area contributed by atoms with Crippen molar-refractivity contribution in [1.29, 1.82) is 0 Å². The van der Waals surface area contributed by atoms with Crippen molar-refractivity contribution < 1.29 is 9.59 Å². The topological polar surface area (TPSA) is 70.2 Å². The predicted octanol–water partition coefficient (Wildman–Crippen LogP) is 1.73. The molecule has 0 saturated carbocycles. The molecule has 1 heterocycles. The maximum atomic E-state index is 12.5. The Balaban J connectivity index is 1.77. The van der Waals surface area contributed by atoms with E-state index in [1.807, 2.05) is 30.3 Å². The maximum absolute atomic E-state index is 12.5. The van der Waals surface area contributed by atoms with E-state index < -0.39 is 5.54 Å². The van der Waals surface area contributed by atoms with E-state index in [0.29, 0.717) is 6.54 Å². The van der Waals surface area contributed by atoms with Gasteiger partial charge in [0.2, 0.25) is 11.8 Å². The summed E-state index contributed by atoms with van der Waals surface area (Å²) in [6, 6.07) is 9.73. The minimum Gasteiger partial charge on any atom is -0.350 e. The lowest BCUT2D eigenvalue weighted by atomic mass is 9.90. The third-order valence-corrected chi connectivity index (χ3v) is 4.38. The molecule has 5 nitrogen and oxygen atoms in total. The third kappa shape index (κ3) is 5.06. The first-order chi connectivity index (χ1) is 11.2. The van der Waals surface area contributed by atoms with Crippen molar-refractivity contribution in [3.05, 3.63) is 35.9 Å². The first-order valence-corrected chi connectivity index (χ1v) is 8.50. The van der Waals surface area contributed by atoms with E-state index in [1.54, 1.807) is 0 Å². The molecule has 1 aliphatic heterocycles. The molecule has 0 spiro atoms. The minimum atomic E-state index is -0.476. The molecule has 0 radical (unpaired) electrons. The fraction of sp³-hybridized carbons (Fsp3) is 0.556. The second kappa shape index (κ2) is 8.67. The first-order valence-electron chi connectivity index (χ1n) is 8.50. The summed E-state index contributed by atoms with van der Waals surface area (Å²) >= 11 is 0. The van der Waals surface area contributed by atoms with Crippen molar-refractivity contribution in [2.45, 2.75) is 51.1 Å². The highest BCUT2D eigenvalue weighted by Crippen LogP contribution is 2.25. The summed E-state index contributed by atoms with van der Waals surface area (Å²) in [5.41, 5.74) is 0.569. The largest absolute Gasteiger partial charge is 0.350 e. The number of amides is 2. The highest BCUT2D eigenvalue weighted by molar-refractivity contribution is 5.90. The van der Waals surface area contributed by atoms with Gasteiger partial charge >= 0.3 is 0 Å². The number of rotatable bonds is 8. The number of hydrogen-bond donors (Lipinski definition) is 3. The highest BCUT2D eigenvalue weighted by atomic mass is 16.2. The van der Waals surface area contributed by atoms with Crippen molar-refractivity contribution in [1.82, 2.24) is 16.0 Å². The molecule has 5 heteroatoms. The van der Waals surface area contributed by atoms with Crippen LogP contribution in [0.2, 0.25) is 0 Å². The number of hydrogen-bond acceptors (Lipinski definition) is 3. The van der Waals surface area contributed by atoms with Gasteiger partial charge in [-0.05, 0) is 31.4 Å². The number of carbonyl (C=O) groups excluding carboxylic acids is 2. The van der Waals surface area contributed by atoms with E-state index in [9.17, 15) is 9.59 Å². The lowest BCUT2D eigenvalue weighted by Crippen LogP contribution is -2.55. The summed E-state index contributed by atoms with van der Waals surface area (Å²) in [5, 5.41) is 8.97. The quantitative estimate of drug-likeness (QED) is 0.684. The molecule has 1 fully saturated rings. The van der Waals surface area contributed by atoms with Crippen molar-refractivity contribution in [2.24, 2.45) is 0 Å². The van der Waals surface area contributed by atoms with E-state index >= 15 is 0 Å². The summed E-state index contributed by atoms with van der Waals surface area (Å²) in [7, 11) is 0. The zero-order valence-corrected chi connectivity index (χ0v) is 13.9. The normalized spacial score (nSPS) is 20.2. The highest BCUT2D eigenvalue weighted by Gasteiger charge is 2.39. The van der Waals surface area contributed by atoms with Gasteiger partial charge in [0.15, 0.2) is 0 Å². The standard InChI is InChI=1S/C18H27N3O2/c1-2-3-10-18(11-7-12-21-18)17(23)20-14-16(22)19-13-15-8-5-4-6-9-15/h4-6,8-9,21H,2-3,7,10-14H2,1H3,(H,19,22)(H,20,23). The monoisotopic (exact) mass is 317 g/mol. The average Bonchev–Trinajstić information content (AvgIpc) is 3.07. The van der Waals surface area contributed by atoms with Gasteiger partial charge in [0, 0.05) is 6.54 Å². The van der Waals surface area contributed by atoms with Crippen LogP contribution in [-0.2, 0) is 16.1 Å². The van der Waals surface area contributed by atoms with Gasteiger partial charge in [-0.25, -0.2) is 0 Å². The molecule has 2 amide bonds. The summed E-state index contributed by atoms with van der Waals surface area (Å²) < 4.78 is 0. The van der Waals surface area contributed by atoms with Crippen LogP contribution in [-0.4, -0.2) is 30.4 Å². The SMILES string of the molecule is CCCCC1(C(=O)NCC(=O)NCc2ccccc2)CCCN1. The van der Waals surface area contributed by atoms with Crippen LogP contribution < -0.4 is 16.0 Å². The van der Waals surface area contributed by atoms with Crippen LogP contribution in [0.1, 0.15) is 44.6 Å². The zero-order chi connectivity index (χ0) is 16.5. The number of nitrogens with one attached hydrogen (secondary N) is 3. The van der Waals surface area contributed by atoms with E-state index in [-0.39, 0.29) is 18.4 Å². The Morgan fingerprint density at radius 1 is 1.22 bits per heavy atom. The molecule has 1 atom stereocenters. The van der Waals surface area contributed by atoms with Crippen LogP contribution in [0.25, 0.3) is 0 Å². The predicted molar refractivity (Wildman–Crippen MR) is 90.8 cm³/mol. The molecule has 3 N–H and O–H groups in total. The maximum Gasteiger partial charge on any atom is 0.240 e. The number of benzene rings is 1. The summed E-state index contributed by atoms with van der Waals surface area (Å²) in [4.78, 5) is 24.4. The fourth-order valence-corrected chi connectivity index (χ4v) is 2.99. The number of carbonyl (C=O) groups is 2. The van der Waals surface area contributed by atoms with Gasteiger partial charge in [0.05, 0.1) is 12.1 Å². The van der Waals surface area contributed by atoms with Gasteiger partial charge in [0.1, 0.15) is 0 Å². The van der Waals surface area contributed by atoms with Crippen molar-refractivity contribution >= 4 is 11.8 Å². The van der Waals surface area contributed by atoms with Crippen LogP contribution in [0.15, 0.2) is 30.3 Å². The molecule has 0 aromatic heterocycles. The van der Waals surface area contributed by atoms with Crippen molar-refractivity contribution in [3.63, 3.8) is 0 Å². The lowest BCUT2D eigenvalue weighted by Gasteiger charge is -2.28. The smallest absolute Gasteiger partial charge is 0.240 e. The fourth-order valence-electron chi connectivity index (χ4n) is 2.99. The Bertz CT molecular complexity index is 510. The summed E-state index contributed by atoms with van der Waals surface area (Å²) in [6.45, 7) is 3.50. The van der Waals surface area contributed by atoms with Gasteiger partial charge in [-0.15, -0.1) is 0 Å². The summed E-state index contributed by atoms with van der Waals surface area (Å²) in [6.07, 6.45) is 4.78. The van der Waals surface area contributed by atoms with E-state index in [2.05, 4.69) is 22.9 Å². The van der Waals surface area contributed by atoms with Gasteiger partial charge in [-0.1, -0.05) is 50.1 Å². The molecule has 2 rings (SSSR count). The Morgan fingerprint density at radius 3 is 2.65 bits per heavy atom. The van der Waals surface area contributed by atoms with Gasteiger partial charge in [-0.2, -0.15) is 0 Å². The van der Waals surface area contributed by atoms with E-state index in [1.165, 1.54) is 0 Å². The Hall–Kier alpha value is -1.88. The van der Waals surface area contributed by atoms with Crippen LogP contribution in [0.3, 0.4) is 0 Å². The summed E-state index contributed by atoms with van der Waals surface area (Å²) in [5.74, 6) is -0.204. The zero-order valence-electron chi connectivity index (χ0n) is 13.9. The van der Waals surface area contributed by atoms with Gasteiger partial charge in [-0.3, -0.25) is 9.59 Å². The molecule has 126 valence electrons. The second-order valence-corrected chi connectivity index (χ2v) is 6.16. The molecule has 1 saturated heterocycles. The molecule has 1 unspecified atom stereocenters. The molecule has 1 aromatic rings. The first kappa shape index (κ1) is 17.5.